The number of halogens is 1. The molecule has 0 atom stereocenters. The van der Waals surface area contributed by atoms with Crippen molar-refractivity contribution in [2.24, 2.45) is 0 Å². The maximum absolute atomic E-state index is 6.27. The first-order valence-corrected chi connectivity index (χ1v) is 6.64. The molecule has 4 heteroatoms. The first-order valence-electron chi connectivity index (χ1n) is 6.26. The molecular weight excluding hydrogens is 260 g/mol. The Bertz CT molecular complexity index is 596. The van der Waals surface area contributed by atoms with Crippen LogP contribution in [0.4, 0.5) is 5.69 Å². The van der Waals surface area contributed by atoms with Crippen LogP contribution in [0.15, 0.2) is 42.7 Å². The fourth-order valence-electron chi connectivity index (χ4n) is 2.15. The highest BCUT2D eigenvalue weighted by atomic mass is 35.5. The summed E-state index contributed by atoms with van der Waals surface area (Å²) >= 11 is 6.27. The van der Waals surface area contributed by atoms with Gasteiger partial charge in [-0.15, -0.1) is 0 Å². The van der Waals surface area contributed by atoms with E-state index in [0.29, 0.717) is 0 Å². The van der Waals surface area contributed by atoms with Gasteiger partial charge in [0.2, 0.25) is 0 Å². The second kappa shape index (κ2) is 4.83. The number of benzene rings is 1. The van der Waals surface area contributed by atoms with Crippen molar-refractivity contribution in [1.82, 2.24) is 4.98 Å². The van der Waals surface area contributed by atoms with E-state index >= 15 is 0 Å². The van der Waals surface area contributed by atoms with Crippen molar-refractivity contribution in [3.63, 3.8) is 0 Å². The first-order chi connectivity index (χ1) is 9.24. The van der Waals surface area contributed by atoms with Crippen LogP contribution in [-0.2, 0) is 4.74 Å². The lowest BCUT2D eigenvalue weighted by atomic mass is 10.1. The Morgan fingerprint density at radius 1 is 1.21 bits per heavy atom. The number of anilines is 1. The van der Waals surface area contributed by atoms with Crippen molar-refractivity contribution in [1.29, 1.82) is 0 Å². The van der Waals surface area contributed by atoms with Crippen LogP contribution >= 0.6 is 11.6 Å². The molecule has 0 radical (unpaired) electrons. The van der Waals surface area contributed by atoms with Crippen molar-refractivity contribution in [3.8, 4) is 11.1 Å². The molecule has 1 aliphatic rings. The van der Waals surface area contributed by atoms with Gasteiger partial charge in [0.15, 0.2) is 0 Å². The molecule has 1 fully saturated rings. The molecule has 19 heavy (non-hydrogen) atoms. The Kier molecular flexibility index (Phi) is 3.17. The second-order valence-electron chi connectivity index (χ2n) is 4.72. The van der Waals surface area contributed by atoms with Gasteiger partial charge >= 0.3 is 0 Å². The fourth-order valence-corrected chi connectivity index (χ4v) is 2.39. The van der Waals surface area contributed by atoms with Crippen LogP contribution < -0.4 is 5.32 Å². The van der Waals surface area contributed by atoms with Gasteiger partial charge in [0.1, 0.15) is 5.72 Å². The summed E-state index contributed by atoms with van der Waals surface area (Å²) in [6.45, 7) is 0. The summed E-state index contributed by atoms with van der Waals surface area (Å²) in [4.78, 5) is 4.19. The van der Waals surface area contributed by atoms with Gasteiger partial charge in [0, 0.05) is 29.5 Å². The second-order valence-corrected chi connectivity index (χ2v) is 5.13. The van der Waals surface area contributed by atoms with E-state index in [1.54, 1.807) is 13.3 Å². The summed E-state index contributed by atoms with van der Waals surface area (Å²) in [6.07, 6.45) is 5.62. The predicted octanol–water partition coefficient (Wildman–Crippen LogP) is 3.95. The number of hydrogen-bond donors (Lipinski definition) is 1. The van der Waals surface area contributed by atoms with E-state index in [-0.39, 0.29) is 5.72 Å². The highest BCUT2D eigenvalue weighted by molar-refractivity contribution is 6.33. The van der Waals surface area contributed by atoms with Crippen molar-refractivity contribution in [3.05, 3.63) is 47.7 Å². The Morgan fingerprint density at radius 3 is 2.68 bits per heavy atom. The van der Waals surface area contributed by atoms with Crippen molar-refractivity contribution in [2.75, 3.05) is 12.4 Å². The maximum Gasteiger partial charge on any atom is 0.138 e. The molecule has 1 saturated carbocycles. The van der Waals surface area contributed by atoms with E-state index < -0.39 is 0 Å². The van der Waals surface area contributed by atoms with E-state index in [9.17, 15) is 0 Å². The van der Waals surface area contributed by atoms with Crippen LogP contribution in [0.25, 0.3) is 11.1 Å². The standard InChI is InChI=1S/C15H15ClN2O/c1-19-15(7-8-15)18-14-10-17-9-6-12(14)11-4-2-3-5-13(11)16/h2-6,9-10,18H,7-8H2,1H3. The van der Waals surface area contributed by atoms with Crippen LogP contribution in [0.3, 0.4) is 0 Å². The summed E-state index contributed by atoms with van der Waals surface area (Å²) in [5.41, 5.74) is 2.78. The largest absolute Gasteiger partial charge is 0.359 e. The van der Waals surface area contributed by atoms with Crippen LogP contribution in [0, 0.1) is 0 Å². The topological polar surface area (TPSA) is 34.1 Å². The van der Waals surface area contributed by atoms with Crippen LogP contribution in [0.2, 0.25) is 5.02 Å². The van der Waals surface area contributed by atoms with E-state index in [1.807, 2.05) is 36.5 Å². The maximum atomic E-state index is 6.27. The average molecular weight is 275 g/mol. The zero-order chi connectivity index (χ0) is 13.3. The van der Waals surface area contributed by atoms with E-state index in [0.717, 1.165) is 34.7 Å². The Morgan fingerprint density at radius 2 is 2.00 bits per heavy atom. The summed E-state index contributed by atoms with van der Waals surface area (Å²) in [7, 11) is 1.73. The van der Waals surface area contributed by atoms with Gasteiger partial charge in [-0.2, -0.15) is 0 Å². The SMILES string of the molecule is COC1(Nc2cnccc2-c2ccccc2Cl)CC1. The third-order valence-corrected chi connectivity index (χ3v) is 3.77. The molecule has 0 spiro atoms. The third kappa shape index (κ3) is 2.44. The third-order valence-electron chi connectivity index (χ3n) is 3.44. The van der Waals surface area contributed by atoms with Gasteiger partial charge in [0.05, 0.1) is 11.9 Å². The lowest BCUT2D eigenvalue weighted by Crippen LogP contribution is -2.23. The molecule has 0 bridgehead atoms. The molecule has 3 rings (SSSR count). The first kappa shape index (κ1) is 12.5. The molecule has 3 nitrogen and oxygen atoms in total. The normalized spacial score (nSPS) is 16.1. The minimum absolute atomic E-state index is 0.223. The molecule has 0 aliphatic heterocycles. The highest BCUT2D eigenvalue weighted by Gasteiger charge is 2.43. The zero-order valence-corrected chi connectivity index (χ0v) is 11.4. The summed E-state index contributed by atoms with van der Waals surface area (Å²) in [5, 5.41) is 4.17. The average Bonchev–Trinajstić information content (AvgIpc) is 3.21. The van der Waals surface area contributed by atoms with E-state index in [1.165, 1.54) is 0 Å². The monoisotopic (exact) mass is 274 g/mol. The van der Waals surface area contributed by atoms with Crippen LogP contribution in [0.5, 0.6) is 0 Å². The number of hydrogen-bond acceptors (Lipinski definition) is 3. The molecule has 0 amide bonds. The quantitative estimate of drug-likeness (QED) is 0.857. The molecule has 0 saturated heterocycles. The number of pyridine rings is 1. The number of nitrogens with one attached hydrogen (secondary N) is 1. The molecule has 2 aromatic rings. The molecule has 1 aromatic carbocycles. The Labute approximate surface area is 117 Å². The predicted molar refractivity (Wildman–Crippen MR) is 77.3 cm³/mol. The summed E-state index contributed by atoms with van der Waals surface area (Å²) in [6, 6.07) is 9.78. The number of rotatable bonds is 4. The molecule has 1 N–H and O–H groups in total. The van der Waals surface area contributed by atoms with Gasteiger partial charge in [-0.05, 0) is 25.0 Å². The smallest absolute Gasteiger partial charge is 0.138 e. The van der Waals surface area contributed by atoms with Gasteiger partial charge in [-0.1, -0.05) is 29.8 Å². The molecule has 0 unspecified atom stereocenters. The minimum Gasteiger partial charge on any atom is -0.359 e. The Hall–Kier alpha value is -1.58. The van der Waals surface area contributed by atoms with Gasteiger partial charge in [-0.25, -0.2) is 0 Å². The zero-order valence-electron chi connectivity index (χ0n) is 10.7. The minimum atomic E-state index is -0.223. The Balaban J connectivity index is 2.00. The lowest BCUT2D eigenvalue weighted by Gasteiger charge is -2.19. The lowest BCUT2D eigenvalue weighted by molar-refractivity contribution is 0.105. The molecule has 1 aliphatic carbocycles. The van der Waals surface area contributed by atoms with Gasteiger partial charge in [-0.3, -0.25) is 4.98 Å². The summed E-state index contributed by atoms with van der Waals surface area (Å²) in [5.74, 6) is 0. The van der Waals surface area contributed by atoms with Gasteiger partial charge < -0.3 is 10.1 Å². The molecule has 1 heterocycles. The van der Waals surface area contributed by atoms with Gasteiger partial charge in [0.25, 0.3) is 0 Å². The number of ether oxygens (including phenoxy) is 1. The highest BCUT2D eigenvalue weighted by Crippen LogP contribution is 2.42. The van der Waals surface area contributed by atoms with Crippen molar-refractivity contribution in [2.45, 2.75) is 18.6 Å². The molecule has 1 aromatic heterocycles. The van der Waals surface area contributed by atoms with Crippen molar-refractivity contribution < 1.29 is 4.74 Å². The number of nitrogens with zero attached hydrogens (tertiary/aromatic N) is 1. The van der Waals surface area contributed by atoms with Crippen LogP contribution in [-0.4, -0.2) is 17.8 Å². The molecule has 98 valence electrons. The van der Waals surface area contributed by atoms with Crippen LogP contribution in [0.1, 0.15) is 12.8 Å². The van der Waals surface area contributed by atoms with E-state index in [2.05, 4.69) is 10.3 Å². The molecular formula is C15H15ClN2O. The number of methoxy groups -OCH3 is 1. The van der Waals surface area contributed by atoms with Crippen molar-refractivity contribution >= 4 is 17.3 Å². The fraction of sp³-hybridized carbons (Fsp3) is 0.267. The number of aromatic nitrogens is 1. The van der Waals surface area contributed by atoms with E-state index in [4.69, 9.17) is 16.3 Å². The summed E-state index contributed by atoms with van der Waals surface area (Å²) < 4.78 is 5.50.